The van der Waals surface area contributed by atoms with Gasteiger partial charge in [-0.1, -0.05) is 26.0 Å². The molecule has 192 valence electrons. The average molecular weight is 493 g/mol. The van der Waals surface area contributed by atoms with Crippen LogP contribution in [0.15, 0.2) is 24.3 Å². The summed E-state index contributed by atoms with van der Waals surface area (Å²) in [6, 6.07) is 1.34. The van der Waals surface area contributed by atoms with Crippen molar-refractivity contribution in [2.75, 3.05) is 6.54 Å². The highest BCUT2D eigenvalue weighted by molar-refractivity contribution is 5.95. The number of nitrogens with two attached hydrogens (primary N) is 1. The fourth-order valence-corrected chi connectivity index (χ4v) is 3.91. The minimum absolute atomic E-state index is 0.0237. The molecule has 35 heavy (non-hydrogen) atoms. The number of phenolic OH excluding ortho intramolecular Hbond substituents is 1. The smallest absolute Gasteiger partial charge is 0.326 e. The van der Waals surface area contributed by atoms with Crippen LogP contribution in [0.2, 0.25) is 0 Å². The van der Waals surface area contributed by atoms with Crippen molar-refractivity contribution < 1.29 is 39.3 Å². The minimum atomic E-state index is -1.29. The molecule has 0 spiro atoms. The number of likely N-dealkylation sites (tertiary alicyclic amines) is 1. The molecule has 12 heteroatoms. The van der Waals surface area contributed by atoms with Crippen LogP contribution in [0.1, 0.15) is 38.7 Å². The van der Waals surface area contributed by atoms with Crippen molar-refractivity contribution in [2.24, 2.45) is 11.7 Å². The minimum Gasteiger partial charge on any atom is -0.508 e. The quantitative estimate of drug-likeness (QED) is 0.234. The molecule has 4 atom stereocenters. The van der Waals surface area contributed by atoms with Crippen LogP contribution in [0.25, 0.3) is 0 Å². The zero-order valence-electron chi connectivity index (χ0n) is 19.6. The summed E-state index contributed by atoms with van der Waals surface area (Å²) < 4.78 is 0. The van der Waals surface area contributed by atoms with Crippen molar-refractivity contribution in [1.82, 2.24) is 15.5 Å². The molecule has 4 unspecified atom stereocenters. The molecular formula is C23H32N4O8. The first-order chi connectivity index (χ1) is 16.4. The second-order valence-corrected chi connectivity index (χ2v) is 8.89. The molecule has 1 aromatic carbocycles. The first-order valence-electron chi connectivity index (χ1n) is 11.3. The van der Waals surface area contributed by atoms with Gasteiger partial charge in [0.2, 0.25) is 17.7 Å². The van der Waals surface area contributed by atoms with Gasteiger partial charge in [0.15, 0.2) is 0 Å². The Labute approximate surface area is 202 Å². The lowest BCUT2D eigenvalue weighted by Gasteiger charge is -2.29. The first kappa shape index (κ1) is 27.6. The molecule has 1 aliphatic rings. The third kappa shape index (κ3) is 7.67. The van der Waals surface area contributed by atoms with E-state index in [0.29, 0.717) is 18.4 Å². The van der Waals surface area contributed by atoms with Gasteiger partial charge in [-0.25, -0.2) is 4.79 Å². The first-order valence-corrected chi connectivity index (χ1v) is 11.3. The molecule has 1 saturated heterocycles. The van der Waals surface area contributed by atoms with E-state index in [9.17, 15) is 34.2 Å². The largest absolute Gasteiger partial charge is 0.508 e. The third-order valence-electron chi connectivity index (χ3n) is 5.79. The van der Waals surface area contributed by atoms with E-state index < -0.39 is 66.2 Å². The number of carbonyl (C=O) groups excluding carboxylic acids is 3. The lowest BCUT2D eigenvalue weighted by atomic mass is 10.0. The number of carbonyl (C=O) groups is 5. The molecule has 1 fully saturated rings. The summed E-state index contributed by atoms with van der Waals surface area (Å²) >= 11 is 0. The number of carboxylic acids is 2. The molecule has 1 aromatic rings. The fraction of sp³-hybridized carbons (Fsp3) is 0.522. The van der Waals surface area contributed by atoms with Gasteiger partial charge in [0.05, 0.1) is 12.5 Å². The van der Waals surface area contributed by atoms with Crippen molar-refractivity contribution in [2.45, 2.75) is 63.7 Å². The Balaban J connectivity index is 2.08. The van der Waals surface area contributed by atoms with E-state index in [-0.39, 0.29) is 18.7 Å². The number of carboxylic acid groups (broad SMARTS) is 2. The average Bonchev–Trinajstić information content (AvgIpc) is 3.26. The molecule has 3 amide bonds. The Hall–Kier alpha value is -3.67. The SMILES string of the molecule is CC(C)C(NC(=O)C1CCCN1C(=O)C(N)CC(=O)O)C(=O)NC(Cc1ccc(O)cc1)C(=O)O. The van der Waals surface area contributed by atoms with Crippen LogP contribution in [-0.4, -0.2) is 80.6 Å². The molecule has 7 N–H and O–H groups in total. The maximum absolute atomic E-state index is 13.0. The molecule has 0 aromatic heterocycles. The topological polar surface area (TPSA) is 199 Å². The van der Waals surface area contributed by atoms with E-state index in [0.717, 1.165) is 0 Å². The number of nitrogens with zero attached hydrogens (tertiary/aromatic N) is 1. The zero-order valence-corrected chi connectivity index (χ0v) is 19.6. The summed E-state index contributed by atoms with van der Waals surface area (Å²) in [5.41, 5.74) is 6.26. The van der Waals surface area contributed by atoms with Crippen LogP contribution >= 0.6 is 0 Å². The van der Waals surface area contributed by atoms with Crippen LogP contribution in [0.5, 0.6) is 5.75 Å². The van der Waals surface area contributed by atoms with Gasteiger partial charge >= 0.3 is 11.9 Å². The maximum atomic E-state index is 13.0. The second-order valence-electron chi connectivity index (χ2n) is 8.89. The van der Waals surface area contributed by atoms with Crippen LogP contribution in [0.4, 0.5) is 0 Å². The predicted molar refractivity (Wildman–Crippen MR) is 123 cm³/mol. The summed E-state index contributed by atoms with van der Waals surface area (Å²) in [5, 5.41) is 32.9. The van der Waals surface area contributed by atoms with E-state index in [1.807, 2.05) is 0 Å². The number of hydrogen-bond acceptors (Lipinski definition) is 7. The molecule has 2 rings (SSSR count). The number of aromatic hydroxyl groups is 1. The van der Waals surface area contributed by atoms with Gasteiger partial charge in [-0.2, -0.15) is 0 Å². The number of benzene rings is 1. The number of nitrogens with one attached hydrogen (secondary N) is 2. The fourth-order valence-electron chi connectivity index (χ4n) is 3.91. The van der Waals surface area contributed by atoms with E-state index in [1.54, 1.807) is 26.0 Å². The predicted octanol–water partition coefficient (Wildman–Crippen LogP) is -0.562. The van der Waals surface area contributed by atoms with Gasteiger partial charge < -0.3 is 36.6 Å². The Kier molecular flexibility index (Phi) is 9.58. The number of aliphatic carboxylic acids is 2. The lowest BCUT2D eigenvalue weighted by molar-refractivity contribution is -0.144. The summed E-state index contributed by atoms with van der Waals surface area (Å²) in [6.45, 7) is 3.59. The van der Waals surface area contributed by atoms with E-state index in [2.05, 4.69) is 10.6 Å². The van der Waals surface area contributed by atoms with Crippen LogP contribution in [0, 0.1) is 5.92 Å². The van der Waals surface area contributed by atoms with Crippen molar-refractivity contribution >= 4 is 29.7 Å². The number of phenols is 1. The van der Waals surface area contributed by atoms with Crippen LogP contribution < -0.4 is 16.4 Å². The molecule has 0 aliphatic carbocycles. The molecular weight excluding hydrogens is 460 g/mol. The molecule has 12 nitrogen and oxygen atoms in total. The highest BCUT2D eigenvalue weighted by Crippen LogP contribution is 2.20. The normalized spacial score (nSPS) is 17.9. The number of rotatable bonds is 11. The number of amides is 3. The van der Waals surface area contributed by atoms with Gasteiger partial charge in [0, 0.05) is 13.0 Å². The molecule has 1 aliphatic heterocycles. The van der Waals surface area contributed by atoms with Crippen molar-refractivity contribution in [3.05, 3.63) is 29.8 Å². The van der Waals surface area contributed by atoms with Gasteiger partial charge in [-0.15, -0.1) is 0 Å². The van der Waals surface area contributed by atoms with Gasteiger partial charge in [-0.05, 0) is 36.5 Å². The highest BCUT2D eigenvalue weighted by atomic mass is 16.4. The monoisotopic (exact) mass is 492 g/mol. The van der Waals surface area contributed by atoms with E-state index in [4.69, 9.17) is 10.8 Å². The van der Waals surface area contributed by atoms with E-state index >= 15 is 0 Å². The van der Waals surface area contributed by atoms with Crippen LogP contribution in [-0.2, 0) is 30.4 Å². The van der Waals surface area contributed by atoms with Crippen molar-refractivity contribution in [3.8, 4) is 5.75 Å². The Morgan fingerprint density at radius 3 is 2.26 bits per heavy atom. The molecule has 0 bridgehead atoms. The lowest BCUT2D eigenvalue weighted by Crippen LogP contribution is -2.58. The molecule has 0 saturated carbocycles. The van der Waals surface area contributed by atoms with Crippen LogP contribution in [0.3, 0.4) is 0 Å². The summed E-state index contributed by atoms with van der Waals surface area (Å²) in [5.74, 6) is -4.83. The standard InChI is InChI=1S/C23H32N4O8/c1-12(2)19(21(32)25-16(23(34)35)10-13-5-7-14(28)8-6-13)26-20(31)17-4-3-9-27(17)22(33)15(24)11-18(29)30/h5-8,12,15-17,19,28H,3-4,9-11,24H2,1-2H3,(H,25,32)(H,26,31)(H,29,30)(H,34,35). The van der Waals surface area contributed by atoms with Crippen molar-refractivity contribution in [3.63, 3.8) is 0 Å². The van der Waals surface area contributed by atoms with E-state index in [1.165, 1.54) is 17.0 Å². The van der Waals surface area contributed by atoms with Gasteiger partial charge in [-0.3, -0.25) is 19.2 Å². The Morgan fingerprint density at radius 2 is 1.71 bits per heavy atom. The Morgan fingerprint density at radius 1 is 1.09 bits per heavy atom. The summed E-state index contributed by atoms with van der Waals surface area (Å²) in [7, 11) is 0. The second kappa shape index (κ2) is 12.2. The van der Waals surface area contributed by atoms with Gasteiger partial charge in [0.1, 0.15) is 23.9 Å². The van der Waals surface area contributed by atoms with Gasteiger partial charge in [0.25, 0.3) is 0 Å². The number of hydrogen-bond donors (Lipinski definition) is 6. The highest BCUT2D eigenvalue weighted by Gasteiger charge is 2.38. The molecule has 0 radical (unpaired) electrons. The Bertz CT molecular complexity index is 949. The maximum Gasteiger partial charge on any atom is 0.326 e. The zero-order chi connectivity index (χ0) is 26.3. The molecule has 1 heterocycles. The van der Waals surface area contributed by atoms with Crippen molar-refractivity contribution in [1.29, 1.82) is 0 Å². The summed E-state index contributed by atoms with van der Waals surface area (Å²) in [4.78, 5) is 62.3. The third-order valence-corrected chi connectivity index (χ3v) is 5.79. The summed E-state index contributed by atoms with van der Waals surface area (Å²) in [6.07, 6.45) is 0.225.